The highest BCUT2D eigenvalue weighted by molar-refractivity contribution is 5.69. The lowest BCUT2D eigenvalue weighted by molar-refractivity contribution is -0.140. The second-order valence-electron chi connectivity index (χ2n) is 2.03. The zero-order chi connectivity index (χ0) is 8.27. The average Bonchev–Trinajstić information content (AvgIpc) is 1.93. The molecule has 0 saturated carbocycles. The van der Waals surface area contributed by atoms with Gasteiger partial charge in [0.25, 0.3) is 0 Å². The first-order valence-electron chi connectivity index (χ1n) is 3.03. The Hall–Kier alpha value is -1.49. The molecule has 0 amide bonds. The number of hydrazine groups is 1. The molecule has 0 aromatic carbocycles. The first-order chi connectivity index (χ1) is 5.20. The molecule has 60 valence electrons. The number of hydroxylamine groups is 1. The van der Waals surface area contributed by atoms with Crippen LogP contribution in [0.1, 0.15) is 6.42 Å². The largest absolute Gasteiger partial charge is 0.481 e. The summed E-state index contributed by atoms with van der Waals surface area (Å²) in [5.74, 6) is -0.979. The van der Waals surface area contributed by atoms with Gasteiger partial charge >= 0.3 is 5.97 Å². The van der Waals surface area contributed by atoms with Crippen molar-refractivity contribution in [3.05, 3.63) is 24.0 Å². The molecule has 0 bridgehead atoms. The SMILES string of the molecule is O=C(O)CC1=CC=CNN1O. The van der Waals surface area contributed by atoms with Gasteiger partial charge in [0.15, 0.2) is 0 Å². The van der Waals surface area contributed by atoms with Crippen LogP contribution in [0.2, 0.25) is 0 Å². The molecule has 0 atom stereocenters. The highest BCUT2D eigenvalue weighted by Crippen LogP contribution is 2.07. The van der Waals surface area contributed by atoms with Gasteiger partial charge in [-0.3, -0.25) is 15.4 Å². The Bertz CT molecular complexity index is 222. The number of carboxylic acid groups (broad SMARTS) is 1. The van der Waals surface area contributed by atoms with Crippen LogP contribution in [0.3, 0.4) is 0 Å². The summed E-state index contributed by atoms with van der Waals surface area (Å²) < 4.78 is 0. The molecule has 0 spiro atoms. The molecule has 0 saturated heterocycles. The zero-order valence-corrected chi connectivity index (χ0v) is 5.69. The van der Waals surface area contributed by atoms with E-state index in [-0.39, 0.29) is 6.42 Å². The van der Waals surface area contributed by atoms with Gasteiger partial charge in [0.05, 0.1) is 12.1 Å². The van der Waals surface area contributed by atoms with E-state index in [0.29, 0.717) is 10.9 Å². The van der Waals surface area contributed by atoms with Crippen molar-refractivity contribution in [2.75, 3.05) is 0 Å². The Morgan fingerprint density at radius 1 is 1.73 bits per heavy atom. The van der Waals surface area contributed by atoms with Crippen molar-refractivity contribution in [1.29, 1.82) is 0 Å². The van der Waals surface area contributed by atoms with Crippen LogP contribution in [0.25, 0.3) is 0 Å². The summed E-state index contributed by atoms with van der Waals surface area (Å²) in [7, 11) is 0. The third kappa shape index (κ3) is 1.98. The normalized spacial score (nSPS) is 15.7. The molecule has 1 aliphatic rings. The monoisotopic (exact) mass is 156 g/mol. The maximum Gasteiger partial charge on any atom is 0.309 e. The van der Waals surface area contributed by atoms with Gasteiger partial charge in [0.1, 0.15) is 0 Å². The molecular weight excluding hydrogens is 148 g/mol. The van der Waals surface area contributed by atoms with Gasteiger partial charge in [-0.05, 0) is 12.2 Å². The third-order valence-electron chi connectivity index (χ3n) is 1.19. The van der Waals surface area contributed by atoms with Crippen molar-refractivity contribution in [2.45, 2.75) is 6.42 Å². The number of carbonyl (C=O) groups is 1. The number of rotatable bonds is 2. The van der Waals surface area contributed by atoms with E-state index in [0.717, 1.165) is 0 Å². The molecule has 1 rings (SSSR count). The molecule has 3 N–H and O–H groups in total. The molecule has 0 radical (unpaired) electrons. The van der Waals surface area contributed by atoms with Gasteiger partial charge in [0, 0.05) is 6.20 Å². The molecule has 5 nitrogen and oxygen atoms in total. The molecule has 0 aromatic rings. The van der Waals surface area contributed by atoms with Crippen molar-refractivity contribution >= 4 is 5.97 Å². The minimum Gasteiger partial charge on any atom is -0.481 e. The predicted molar refractivity (Wildman–Crippen MR) is 36.2 cm³/mol. The number of aliphatic carboxylic acids is 1. The van der Waals surface area contributed by atoms with E-state index in [4.69, 9.17) is 10.3 Å². The summed E-state index contributed by atoms with van der Waals surface area (Å²) in [6.45, 7) is 0. The Morgan fingerprint density at radius 3 is 3.00 bits per heavy atom. The second kappa shape index (κ2) is 3.07. The van der Waals surface area contributed by atoms with E-state index >= 15 is 0 Å². The highest BCUT2D eigenvalue weighted by atomic mass is 16.5. The topological polar surface area (TPSA) is 72.8 Å². The van der Waals surface area contributed by atoms with Crippen LogP contribution >= 0.6 is 0 Å². The van der Waals surface area contributed by atoms with Gasteiger partial charge in [-0.15, -0.1) is 0 Å². The van der Waals surface area contributed by atoms with E-state index in [1.165, 1.54) is 12.3 Å². The first kappa shape index (κ1) is 7.62. The fourth-order valence-corrected chi connectivity index (χ4v) is 0.715. The molecule has 1 heterocycles. The molecule has 5 heteroatoms. The third-order valence-corrected chi connectivity index (χ3v) is 1.19. The summed E-state index contributed by atoms with van der Waals surface area (Å²) in [6.07, 6.45) is 4.43. The van der Waals surface area contributed by atoms with Gasteiger partial charge in [-0.2, -0.15) is 5.17 Å². The van der Waals surface area contributed by atoms with Crippen LogP contribution in [-0.2, 0) is 4.79 Å². The van der Waals surface area contributed by atoms with Crippen LogP contribution in [-0.4, -0.2) is 21.5 Å². The van der Waals surface area contributed by atoms with Crippen molar-refractivity contribution in [3.63, 3.8) is 0 Å². The molecular formula is C6H8N2O3. The Morgan fingerprint density at radius 2 is 2.45 bits per heavy atom. The summed E-state index contributed by atoms with van der Waals surface area (Å²) >= 11 is 0. The van der Waals surface area contributed by atoms with Crippen LogP contribution < -0.4 is 5.43 Å². The summed E-state index contributed by atoms with van der Waals surface area (Å²) in [4.78, 5) is 10.2. The van der Waals surface area contributed by atoms with Gasteiger partial charge in [-0.25, -0.2) is 0 Å². The van der Waals surface area contributed by atoms with E-state index in [2.05, 4.69) is 5.43 Å². The molecule has 0 fully saturated rings. The number of nitrogens with one attached hydrogen (secondary N) is 1. The maximum atomic E-state index is 10.2. The van der Waals surface area contributed by atoms with Crippen LogP contribution in [0, 0.1) is 0 Å². The molecule has 0 unspecified atom stereocenters. The quantitative estimate of drug-likeness (QED) is 0.527. The Kier molecular flexibility index (Phi) is 2.12. The van der Waals surface area contributed by atoms with Gasteiger partial charge in [-0.1, -0.05) is 0 Å². The Balaban J connectivity index is 2.61. The molecule has 1 aliphatic heterocycles. The van der Waals surface area contributed by atoms with Crippen molar-refractivity contribution < 1.29 is 15.1 Å². The number of allylic oxidation sites excluding steroid dienone is 2. The van der Waals surface area contributed by atoms with E-state index in [1.807, 2.05) is 0 Å². The minimum absolute atomic E-state index is 0.201. The molecule has 11 heavy (non-hydrogen) atoms. The second-order valence-corrected chi connectivity index (χ2v) is 2.03. The molecule has 0 aromatic heterocycles. The molecule has 0 aliphatic carbocycles. The van der Waals surface area contributed by atoms with E-state index in [1.54, 1.807) is 6.08 Å². The fraction of sp³-hybridized carbons (Fsp3) is 0.167. The summed E-state index contributed by atoms with van der Waals surface area (Å²) in [6, 6.07) is 0. The van der Waals surface area contributed by atoms with Crippen molar-refractivity contribution in [1.82, 2.24) is 10.6 Å². The number of nitrogens with zero attached hydrogens (tertiary/aromatic N) is 1. The van der Waals surface area contributed by atoms with Crippen LogP contribution in [0.15, 0.2) is 24.0 Å². The van der Waals surface area contributed by atoms with E-state index in [9.17, 15) is 4.79 Å². The smallest absolute Gasteiger partial charge is 0.309 e. The lowest BCUT2D eigenvalue weighted by Gasteiger charge is -2.20. The van der Waals surface area contributed by atoms with E-state index < -0.39 is 5.97 Å². The summed E-state index contributed by atoms with van der Waals surface area (Å²) in [5.41, 5.74) is 2.72. The van der Waals surface area contributed by atoms with Gasteiger partial charge in [0.2, 0.25) is 0 Å². The standard InChI is InChI=1S/C6H8N2O3/c9-6(10)4-5-2-1-3-7-8(5)11/h1-3,7,11H,4H2,(H,9,10). The highest BCUT2D eigenvalue weighted by Gasteiger charge is 2.10. The van der Waals surface area contributed by atoms with Crippen molar-refractivity contribution in [3.8, 4) is 0 Å². The van der Waals surface area contributed by atoms with Crippen molar-refractivity contribution in [2.24, 2.45) is 0 Å². The average molecular weight is 156 g/mol. The first-order valence-corrected chi connectivity index (χ1v) is 3.03. The number of carboxylic acids is 1. The maximum absolute atomic E-state index is 10.2. The van der Waals surface area contributed by atoms with Crippen LogP contribution in [0.4, 0.5) is 0 Å². The lowest BCUT2D eigenvalue weighted by Crippen LogP contribution is -2.32. The number of hydrogen-bond acceptors (Lipinski definition) is 4. The van der Waals surface area contributed by atoms with Crippen LogP contribution in [0.5, 0.6) is 0 Å². The summed E-state index contributed by atoms with van der Waals surface area (Å²) in [5, 5.41) is 18.0. The lowest BCUT2D eigenvalue weighted by atomic mass is 10.3. The fourth-order valence-electron chi connectivity index (χ4n) is 0.715. The minimum atomic E-state index is -0.979. The zero-order valence-electron chi connectivity index (χ0n) is 5.69. The van der Waals surface area contributed by atoms with Gasteiger partial charge < -0.3 is 5.11 Å². The predicted octanol–water partition coefficient (Wildman–Crippen LogP) is 0.0681. The Labute approximate surface area is 63.2 Å². The number of hydrogen-bond donors (Lipinski definition) is 3.